The molecule has 1 aromatic carbocycles. The fourth-order valence-corrected chi connectivity index (χ4v) is 3.23. The number of anilines is 1. The van der Waals surface area contributed by atoms with Gasteiger partial charge in [0.05, 0.1) is 31.1 Å². The summed E-state index contributed by atoms with van der Waals surface area (Å²) < 4.78 is 5.25. The highest BCUT2D eigenvalue weighted by Gasteiger charge is 2.20. The Hall–Kier alpha value is -4.05. The maximum Gasteiger partial charge on any atom is 0.274 e. The van der Waals surface area contributed by atoms with Crippen LogP contribution in [0.4, 0.5) is 5.69 Å². The van der Waals surface area contributed by atoms with Gasteiger partial charge in [0.2, 0.25) is 0 Å². The molecule has 1 aliphatic rings. The molecule has 1 amide bonds. The zero-order chi connectivity index (χ0) is 20.4. The van der Waals surface area contributed by atoms with Crippen LogP contribution >= 0.6 is 0 Å². The number of carbonyl (C=O) groups excluding carboxylic acids is 1. The van der Waals surface area contributed by atoms with Crippen LogP contribution in [0.3, 0.4) is 0 Å². The molecule has 0 saturated heterocycles. The first-order valence-electron chi connectivity index (χ1n) is 8.94. The van der Waals surface area contributed by atoms with E-state index in [0.29, 0.717) is 29.1 Å². The number of hydrogen-bond acceptors (Lipinski definition) is 6. The smallest absolute Gasteiger partial charge is 0.274 e. The predicted octanol–water partition coefficient (Wildman–Crippen LogP) is 3.27. The highest BCUT2D eigenvalue weighted by Crippen LogP contribution is 2.27. The van der Waals surface area contributed by atoms with Crippen molar-refractivity contribution >= 4 is 17.3 Å². The number of nitrogens with zero attached hydrogens (tertiary/aromatic N) is 4. The molecule has 1 aliphatic heterocycles. The summed E-state index contributed by atoms with van der Waals surface area (Å²) in [7, 11) is 1.60. The molecule has 0 radical (unpaired) electrons. The quantitative estimate of drug-likeness (QED) is 0.745. The highest BCUT2D eigenvalue weighted by atomic mass is 16.5. The van der Waals surface area contributed by atoms with Crippen molar-refractivity contribution in [2.24, 2.45) is 4.99 Å². The van der Waals surface area contributed by atoms with Gasteiger partial charge in [-0.05, 0) is 42.3 Å². The number of aryl methyl sites for hydroxylation is 1. The van der Waals surface area contributed by atoms with Crippen LogP contribution in [-0.4, -0.2) is 28.7 Å². The molecule has 2 aromatic heterocycles. The van der Waals surface area contributed by atoms with Gasteiger partial charge in [-0.25, -0.2) is 4.98 Å². The molecule has 1 N–H and O–H groups in total. The van der Waals surface area contributed by atoms with Crippen LogP contribution in [0.15, 0.2) is 53.9 Å². The monoisotopic (exact) mass is 383 g/mol. The molecule has 0 unspecified atom stereocenters. The lowest BCUT2D eigenvalue weighted by Crippen LogP contribution is -2.16. The Morgan fingerprint density at radius 2 is 2.07 bits per heavy atom. The first-order valence-corrected chi connectivity index (χ1v) is 8.94. The van der Waals surface area contributed by atoms with E-state index in [4.69, 9.17) is 10.00 Å². The Bertz CT molecular complexity index is 1190. The van der Waals surface area contributed by atoms with Crippen LogP contribution in [0.2, 0.25) is 0 Å². The lowest BCUT2D eigenvalue weighted by Gasteiger charge is -2.10. The number of ether oxygens (including phenoxy) is 1. The van der Waals surface area contributed by atoms with E-state index in [1.54, 1.807) is 32.5 Å². The van der Waals surface area contributed by atoms with Gasteiger partial charge in [0.25, 0.3) is 5.91 Å². The summed E-state index contributed by atoms with van der Waals surface area (Å²) in [6.07, 6.45) is 4.78. The molecule has 29 heavy (non-hydrogen) atoms. The third kappa shape index (κ3) is 3.56. The van der Waals surface area contributed by atoms with Gasteiger partial charge >= 0.3 is 0 Å². The molecule has 0 bridgehead atoms. The number of methoxy groups -OCH3 is 1. The number of pyridine rings is 2. The summed E-state index contributed by atoms with van der Waals surface area (Å²) in [5.41, 5.74) is 5.69. The van der Waals surface area contributed by atoms with E-state index in [1.807, 2.05) is 30.3 Å². The van der Waals surface area contributed by atoms with Crippen molar-refractivity contribution in [2.75, 3.05) is 12.4 Å². The van der Waals surface area contributed by atoms with E-state index in [2.05, 4.69) is 20.3 Å². The molecule has 3 aromatic rings. The maximum absolute atomic E-state index is 12.7. The molecule has 0 aliphatic carbocycles. The summed E-state index contributed by atoms with van der Waals surface area (Å²) in [5, 5.41) is 11.8. The van der Waals surface area contributed by atoms with Crippen LogP contribution in [0.5, 0.6) is 5.75 Å². The Balaban J connectivity index is 1.61. The number of fused-ring (bicyclic) bond motifs is 1. The number of hydrogen-bond donors (Lipinski definition) is 1. The van der Waals surface area contributed by atoms with Crippen LogP contribution in [-0.2, 0) is 6.54 Å². The lowest BCUT2D eigenvalue weighted by molar-refractivity contribution is 0.102. The zero-order valence-corrected chi connectivity index (χ0v) is 15.9. The number of aliphatic imine (C=N–C) groups is 1. The molecule has 7 heteroatoms. The molecular weight excluding hydrogens is 366 g/mol. The number of rotatable bonds is 4. The van der Waals surface area contributed by atoms with E-state index >= 15 is 0 Å². The summed E-state index contributed by atoms with van der Waals surface area (Å²) in [6, 6.07) is 11.2. The zero-order valence-electron chi connectivity index (χ0n) is 15.9. The minimum absolute atomic E-state index is 0.287. The van der Waals surface area contributed by atoms with Crippen molar-refractivity contribution in [2.45, 2.75) is 13.5 Å². The Labute approximate surface area is 167 Å². The molecule has 0 saturated carbocycles. The van der Waals surface area contributed by atoms with Crippen molar-refractivity contribution < 1.29 is 9.53 Å². The molecule has 0 fully saturated rings. The third-order valence-electron chi connectivity index (χ3n) is 4.68. The normalized spacial score (nSPS) is 12.0. The van der Waals surface area contributed by atoms with Gasteiger partial charge in [0.1, 0.15) is 17.5 Å². The van der Waals surface area contributed by atoms with Crippen LogP contribution < -0.4 is 10.1 Å². The molecule has 0 atom stereocenters. The van der Waals surface area contributed by atoms with Crippen molar-refractivity contribution in [1.29, 1.82) is 5.26 Å². The minimum atomic E-state index is -0.327. The van der Waals surface area contributed by atoms with Gasteiger partial charge in [-0.1, -0.05) is 6.07 Å². The van der Waals surface area contributed by atoms with Gasteiger partial charge in [-0.3, -0.25) is 14.8 Å². The van der Waals surface area contributed by atoms with Crippen LogP contribution in [0, 0.1) is 18.3 Å². The fraction of sp³-hybridized carbons (Fsp3) is 0.136. The Kier molecular flexibility index (Phi) is 4.75. The second kappa shape index (κ2) is 7.52. The van der Waals surface area contributed by atoms with E-state index in [1.165, 1.54) is 6.20 Å². The topological polar surface area (TPSA) is 100 Å². The van der Waals surface area contributed by atoms with Crippen LogP contribution in [0.1, 0.15) is 38.3 Å². The van der Waals surface area contributed by atoms with E-state index < -0.39 is 0 Å². The fourth-order valence-electron chi connectivity index (χ4n) is 3.23. The number of amides is 1. The first-order chi connectivity index (χ1) is 14.1. The second-order valence-corrected chi connectivity index (χ2v) is 6.61. The van der Waals surface area contributed by atoms with Crippen molar-refractivity contribution in [1.82, 2.24) is 9.97 Å². The van der Waals surface area contributed by atoms with Gasteiger partial charge in [-0.2, -0.15) is 5.26 Å². The lowest BCUT2D eigenvalue weighted by atomic mass is 10.0. The predicted molar refractivity (Wildman–Crippen MR) is 108 cm³/mol. The molecule has 7 nitrogen and oxygen atoms in total. The Morgan fingerprint density at radius 3 is 2.83 bits per heavy atom. The standard InChI is InChI=1S/C22H17N5O2/c1-13-5-14(8-23)9-25-20(13)22(28)27-17-4-3-15-11-26-21(19(15)7-17)16-6-18(29-2)12-24-10-16/h3-7,9-10,12H,11H2,1-2H3,(H,27,28). The summed E-state index contributed by atoms with van der Waals surface area (Å²) in [4.78, 5) is 25.6. The van der Waals surface area contributed by atoms with Gasteiger partial charge in [-0.15, -0.1) is 0 Å². The number of nitriles is 1. The van der Waals surface area contributed by atoms with E-state index in [9.17, 15) is 4.79 Å². The largest absolute Gasteiger partial charge is 0.495 e. The van der Waals surface area contributed by atoms with Crippen LogP contribution in [0.25, 0.3) is 0 Å². The van der Waals surface area contributed by atoms with Gasteiger partial charge in [0, 0.05) is 29.2 Å². The summed E-state index contributed by atoms with van der Waals surface area (Å²) >= 11 is 0. The highest BCUT2D eigenvalue weighted by molar-refractivity contribution is 6.16. The minimum Gasteiger partial charge on any atom is -0.495 e. The third-order valence-corrected chi connectivity index (χ3v) is 4.68. The van der Waals surface area contributed by atoms with Crippen molar-refractivity contribution in [3.63, 3.8) is 0 Å². The number of benzene rings is 1. The molecule has 142 valence electrons. The number of carbonyl (C=O) groups is 1. The van der Waals surface area contributed by atoms with Crippen molar-refractivity contribution in [3.8, 4) is 11.8 Å². The number of aromatic nitrogens is 2. The first kappa shape index (κ1) is 18.3. The SMILES string of the molecule is COc1cncc(C2=NCc3ccc(NC(=O)c4ncc(C#N)cc4C)cc32)c1. The molecule has 0 spiro atoms. The van der Waals surface area contributed by atoms with Crippen molar-refractivity contribution in [3.05, 3.63) is 82.4 Å². The van der Waals surface area contributed by atoms with Gasteiger partial charge in [0.15, 0.2) is 0 Å². The Morgan fingerprint density at radius 1 is 1.21 bits per heavy atom. The maximum atomic E-state index is 12.7. The number of nitrogens with one attached hydrogen (secondary N) is 1. The summed E-state index contributed by atoms with van der Waals surface area (Å²) in [5.74, 6) is 0.331. The average molecular weight is 383 g/mol. The van der Waals surface area contributed by atoms with E-state index in [0.717, 1.165) is 22.4 Å². The molecule has 3 heterocycles. The average Bonchev–Trinajstić information content (AvgIpc) is 3.16. The van der Waals surface area contributed by atoms with E-state index in [-0.39, 0.29) is 11.6 Å². The van der Waals surface area contributed by atoms with Gasteiger partial charge < -0.3 is 10.1 Å². The summed E-state index contributed by atoms with van der Waals surface area (Å²) in [6.45, 7) is 2.33. The molecular formula is C22H17N5O2. The second-order valence-electron chi connectivity index (χ2n) is 6.61. The molecule has 4 rings (SSSR count).